The van der Waals surface area contributed by atoms with Crippen LogP contribution in [0, 0.1) is 6.92 Å². The zero-order valence-corrected chi connectivity index (χ0v) is 14.2. The molecule has 1 unspecified atom stereocenters. The summed E-state index contributed by atoms with van der Waals surface area (Å²) < 4.78 is 2.25. The molecule has 0 saturated heterocycles. The highest BCUT2D eigenvalue weighted by Crippen LogP contribution is 2.23. The Bertz CT molecular complexity index is 568. The van der Waals surface area contributed by atoms with Crippen molar-refractivity contribution < 1.29 is 0 Å². The average Bonchev–Trinajstić information content (AvgIpc) is 2.83. The van der Waals surface area contributed by atoms with Crippen LogP contribution in [0.15, 0.2) is 42.7 Å². The lowest BCUT2D eigenvalue weighted by molar-refractivity contribution is 0.370. The van der Waals surface area contributed by atoms with Gasteiger partial charge in [0, 0.05) is 31.0 Å². The van der Waals surface area contributed by atoms with Gasteiger partial charge in [-0.25, -0.2) is 4.98 Å². The zero-order chi connectivity index (χ0) is 15.9. The molecule has 3 nitrogen and oxygen atoms in total. The topological polar surface area (TPSA) is 29.9 Å². The number of benzene rings is 1. The number of nitrogens with one attached hydrogen (secondary N) is 1. The number of hydrogen-bond donors (Lipinski definition) is 1. The number of aromatic nitrogens is 2. The van der Waals surface area contributed by atoms with Gasteiger partial charge in [-0.1, -0.05) is 56.0 Å². The van der Waals surface area contributed by atoms with Gasteiger partial charge >= 0.3 is 0 Å². The molecular weight excluding hydrogens is 282 g/mol. The summed E-state index contributed by atoms with van der Waals surface area (Å²) in [6.45, 7) is 3.10. The lowest BCUT2D eigenvalue weighted by Crippen LogP contribution is -2.33. The van der Waals surface area contributed by atoms with Crippen molar-refractivity contribution in [3.8, 4) is 0 Å². The fourth-order valence-electron chi connectivity index (χ4n) is 3.67. The fraction of sp³-hybridized carbons (Fsp3) is 0.550. The molecule has 1 saturated carbocycles. The molecule has 0 radical (unpaired) electrons. The van der Waals surface area contributed by atoms with Crippen LogP contribution in [0.2, 0.25) is 0 Å². The molecule has 0 spiro atoms. The summed E-state index contributed by atoms with van der Waals surface area (Å²) in [6.07, 6.45) is 13.3. The number of rotatable bonds is 6. The minimum absolute atomic E-state index is 0.432. The predicted octanol–water partition coefficient (Wildman–Crippen LogP) is 4.64. The van der Waals surface area contributed by atoms with E-state index in [9.17, 15) is 0 Å². The van der Waals surface area contributed by atoms with Gasteiger partial charge in [0.05, 0.1) is 0 Å². The highest BCUT2D eigenvalue weighted by Gasteiger charge is 2.18. The molecule has 1 fully saturated rings. The maximum Gasteiger partial charge on any atom is 0.105 e. The molecule has 23 heavy (non-hydrogen) atoms. The average molecular weight is 311 g/mol. The van der Waals surface area contributed by atoms with E-state index in [0.29, 0.717) is 12.1 Å². The molecule has 124 valence electrons. The van der Waals surface area contributed by atoms with Gasteiger partial charge in [-0.15, -0.1) is 0 Å². The van der Waals surface area contributed by atoms with Gasteiger partial charge < -0.3 is 9.88 Å². The van der Waals surface area contributed by atoms with Crippen LogP contribution in [0.4, 0.5) is 0 Å². The highest BCUT2D eigenvalue weighted by molar-refractivity contribution is 5.19. The molecular formula is C20H29N3. The maximum atomic E-state index is 4.34. The smallest absolute Gasteiger partial charge is 0.105 e. The number of imidazole rings is 1. The lowest BCUT2D eigenvalue weighted by atomic mass is 10.0. The third-order valence-electron chi connectivity index (χ3n) is 5.08. The van der Waals surface area contributed by atoms with E-state index in [-0.39, 0.29) is 0 Å². The molecule has 3 heteroatoms. The van der Waals surface area contributed by atoms with Crippen LogP contribution in [0.3, 0.4) is 0 Å². The van der Waals surface area contributed by atoms with Crippen molar-refractivity contribution in [2.75, 3.05) is 0 Å². The SMILES string of the molecule is Cc1nccn1CCC(NC1CCCCCC1)c1ccccc1. The summed E-state index contributed by atoms with van der Waals surface area (Å²) in [6, 6.07) is 12.0. The van der Waals surface area contributed by atoms with Crippen LogP contribution in [0.25, 0.3) is 0 Å². The van der Waals surface area contributed by atoms with E-state index in [4.69, 9.17) is 0 Å². The van der Waals surface area contributed by atoms with E-state index in [1.165, 1.54) is 44.1 Å². The van der Waals surface area contributed by atoms with Crippen molar-refractivity contribution in [1.82, 2.24) is 14.9 Å². The number of aryl methyl sites for hydroxylation is 2. The third kappa shape index (κ3) is 4.68. The van der Waals surface area contributed by atoms with E-state index >= 15 is 0 Å². The Morgan fingerprint density at radius 3 is 2.52 bits per heavy atom. The largest absolute Gasteiger partial charge is 0.335 e. The maximum absolute atomic E-state index is 4.34. The minimum Gasteiger partial charge on any atom is -0.335 e. The molecule has 1 atom stereocenters. The normalized spacial score (nSPS) is 17.8. The summed E-state index contributed by atoms with van der Waals surface area (Å²) in [4.78, 5) is 4.34. The van der Waals surface area contributed by atoms with E-state index in [1.54, 1.807) is 0 Å². The van der Waals surface area contributed by atoms with E-state index < -0.39 is 0 Å². The van der Waals surface area contributed by atoms with Crippen LogP contribution in [-0.4, -0.2) is 15.6 Å². The summed E-state index contributed by atoms with van der Waals surface area (Å²) >= 11 is 0. The van der Waals surface area contributed by atoms with Crippen molar-refractivity contribution >= 4 is 0 Å². The lowest BCUT2D eigenvalue weighted by Gasteiger charge is -2.26. The third-order valence-corrected chi connectivity index (χ3v) is 5.08. The highest BCUT2D eigenvalue weighted by atomic mass is 15.1. The first-order chi connectivity index (χ1) is 11.3. The van der Waals surface area contributed by atoms with Crippen LogP contribution in [0.1, 0.15) is 62.4 Å². The van der Waals surface area contributed by atoms with Crippen molar-refractivity contribution in [2.24, 2.45) is 0 Å². The van der Waals surface area contributed by atoms with Gasteiger partial charge in [-0.05, 0) is 31.7 Å². The number of hydrogen-bond acceptors (Lipinski definition) is 2. The predicted molar refractivity (Wildman–Crippen MR) is 95.4 cm³/mol. The summed E-state index contributed by atoms with van der Waals surface area (Å²) in [7, 11) is 0. The molecule has 1 N–H and O–H groups in total. The van der Waals surface area contributed by atoms with Crippen LogP contribution in [-0.2, 0) is 6.54 Å². The first-order valence-electron chi connectivity index (χ1n) is 9.11. The molecule has 3 rings (SSSR count). The second-order valence-electron chi connectivity index (χ2n) is 6.77. The first kappa shape index (κ1) is 16.3. The molecule has 0 aliphatic heterocycles. The zero-order valence-electron chi connectivity index (χ0n) is 14.2. The molecule has 1 aliphatic carbocycles. The van der Waals surface area contributed by atoms with Gasteiger partial charge in [-0.2, -0.15) is 0 Å². The Balaban J connectivity index is 1.67. The first-order valence-corrected chi connectivity index (χ1v) is 9.11. The Kier molecular flexibility index (Phi) is 5.87. The van der Waals surface area contributed by atoms with Crippen LogP contribution >= 0.6 is 0 Å². The monoisotopic (exact) mass is 311 g/mol. The summed E-state index contributed by atoms with van der Waals surface area (Å²) in [5.74, 6) is 1.10. The second-order valence-corrected chi connectivity index (χ2v) is 6.77. The van der Waals surface area contributed by atoms with Gasteiger partial charge in [0.2, 0.25) is 0 Å². The Labute approximate surface area is 140 Å². The second kappa shape index (κ2) is 8.30. The van der Waals surface area contributed by atoms with Gasteiger partial charge in [0.15, 0.2) is 0 Å². The van der Waals surface area contributed by atoms with Crippen LogP contribution < -0.4 is 5.32 Å². The van der Waals surface area contributed by atoms with E-state index in [2.05, 4.69) is 58.3 Å². The minimum atomic E-state index is 0.432. The Hall–Kier alpha value is -1.61. The Morgan fingerprint density at radius 1 is 1.13 bits per heavy atom. The van der Waals surface area contributed by atoms with Gasteiger partial charge in [-0.3, -0.25) is 0 Å². The van der Waals surface area contributed by atoms with Crippen molar-refractivity contribution in [3.63, 3.8) is 0 Å². The van der Waals surface area contributed by atoms with E-state index in [1.807, 2.05) is 6.20 Å². The fourth-order valence-corrected chi connectivity index (χ4v) is 3.67. The van der Waals surface area contributed by atoms with Gasteiger partial charge in [0.1, 0.15) is 5.82 Å². The quantitative estimate of drug-likeness (QED) is 0.788. The standard InChI is InChI=1S/C20H29N3/c1-17-21-14-16-23(17)15-13-20(18-9-5-4-6-10-18)22-19-11-7-2-3-8-12-19/h4-6,9-10,14,16,19-20,22H,2-3,7-8,11-13,15H2,1H3. The van der Waals surface area contributed by atoms with Crippen LogP contribution in [0.5, 0.6) is 0 Å². The Morgan fingerprint density at radius 2 is 1.87 bits per heavy atom. The molecule has 1 aliphatic rings. The molecule has 1 aromatic carbocycles. The van der Waals surface area contributed by atoms with Crippen molar-refractivity contribution in [3.05, 3.63) is 54.1 Å². The molecule has 0 bridgehead atoms. The number of nitrogens with zero attached hydrogens (tertiary/aromatic N) is 2. The molecule has 0 amide bonds. The molecule has 2 aromatic rings. The van der Waals surface area contributed by atoms with Gasteiger partial charge in [0.25, 0.3) is 0 Å². The molecule has 1 heterocycles. The summed E-state index contributed by atoms with van der Waals surface area (Å²) in [5.41, 5.74) is 1.41. The summed E-state index contributed by atoms with van der Waals surface area (Å²) in [5, 5.41) is 3.96. The molecule has 1 aromatic heterocycles. The van der Waals surface area contributed by atoms with Crippen molar-refractivity contribution in [2.45, 2.75) is 70.5 Å². The van der Waals surface area contributed by atoms with E-state index in [0.717, 1.165) is 18.8 Å². The van der Waals surface area contributed by atoms with Crippen molar-refractivity contribution in [1.29, 1.82) is 0 Å².